The highest BCUT2D eigenvalue weighted by atomic mass is 32.2. The number of nitrogens with zero attached hydrogens (tertiary/aromatic N) is 2. The number of fused-ring (bicyclic) bond motifs is 1. The van der Waals surface area contributed by atoms with Crippen LogP contribution >= 0.6 is 11.8 Å². The lowest BCUT2D eigenvalue weighted by molar-refractivity contribution is -0.133. The third-order valence-corrected chi connectivity index (χ3v) is 7.74. The van der Waals surface area contributed by atoms with Crippen molar-refractivity contribution in [2.24, 2.45) is 11.8 Å². The van der Waals surface area contributed by atoms with Gasteiger partial charge >= 0.3 is 0 Å². The van der Waals surface area contributed by atoms with Crippen LogP contribution in [-0.2, 0) is 4.79 Å². The highest BCUT2D eigenvalue weighted by Gasteiger charge is 2.35. The van der Waals surface area contributed by atoms with Crippen molar-refractivity contribution in [1.82, 2.24) is 9.80 Å². The summed E-state index contributed by atoms with van der Waals surface area (Å²) < 4.78 is 0. The molecule has 0 aromatic heterocycles. The fraction of sp³-hybridized carbons (Fsp3) is 0.857. The van der Waals surface area contributed by atoms with Gasteiger partial charge in [-0.3, -0.25) is 4.79 Å². The zero-order valence-corrected chi connectivity index (χ0v) is 17.2. The zero-order valence-electron chi connectivity index (χ0n) is 16.4. The summed E-state index contributed by atoms with van der Waals surface area (Å²) in [5, 5.41) is 11.1. The lowest BCUT2D eigenvalue weighted by atomic mass is 9.78. The highest BCUT2D eigenvalue weighted by molar-refractivity contribution is 8.02. The number of aliphatic hydroxyl groups excluding tert-OH is 1. The predicted octanol–water partition coefficient (Wildman–Crippen LogP) is 3.51. The smallest absolute Gasteiger partial charge is 0.250 e. The molecule has 1 amide bonds. The molecule has 2 atom stereocenters. The van der Waals surface area contributed by atoms with Gasteiger partial charge in [-0.2, -0.15) is 0 Å². The van der Waals surface area contributed by atoms with Gasteiger partial charge in [0.1, 0.15) is 0 Å². The molecule has 0 aromatic carbocycles. The quantitative estimate of drug-likeness (QED) is 0.716. The van der Waals surface area contributed by atoms with E-state index in [1.807, 2.05) is 18.7 Å². The summed E-state index contributed by atoms with van der Waals surface area (Å²) >= 11 is 1.83. The average Bonchev–Trinajstić information content (AvgIpc) is 2.68. The normalized spacial score (nSPS) is 28.8. The molecule has 26 heavy (non-hydrogen) atoms. The van der Waals surface area contributed by atoms with Crippen molar-refractivity contribution in [3.05, 3.63) is 11.0 Å². The van der Waals surface area contributed by atoms with Crippen LogP contribution in [0, 0.1) is 11.8 Å². The van der Waals surface area contributed by atoms with Gasteiger partial charge in [0.15, 0.2) is 0 Å². The predicted molar refractivity (Wildman–Crippen MR) is 109 cm³/mol. The number of carbonyl (C=O) groups excluding carboxylic acids is 1. The number of thioether (sulfide) groups is 1. The van der Waals surface area contributed by atoms with E-state index in [1.165, 1.54) is 51.4 Å². The molecule has 0 aromatic rings. The summed E-state index contributed by atoms with van der Waals surface area (Å²) in [6.45, 7) is 6.24. The molecule has 2 saturated heterocycles. The number of carbonyl (C=O) groups is 1. The number of hydrogen-bond acceptors (Lipinski definition) is 4. The maximum atomic E-state index is 13.0. The van der Waals surface area contributed by atoms with Crippen LogP contribution in [-0.4, -0.2) is 65.4 Å². The number of aliphatic hydroxyl groups is 1. The number of amides is 1. The monoisotopic (exact) mass is 380 g/mol. The summed E-state index contributed by atoms with van der Waals surface area (Å²) in [7, 11) is 0. The summed E-state index contributed by atoms with van der Waals surface area (Å²) in [5.74, 6) is 2.90. The number of likely N-dealkylation sites (tertiary alicyclic amines) is 2. The summed E-state index contributed by atoms with van der Waals surface area (Å²) in [6, 6.07) is 0.509. The minimum Gasteiger partial charge on any atom is -0.395 e. The first-order chi connectivity index (χ1) is 12.7. The van der Waals surface area contributed by atoms with Crippen molar-refractivity contribution in [3.8, 4) is 0 Å². The van der Waals surface area contributed by atoms with Crippen molar-refractivity contribution in [1.29, 1.82) is 0 Å². The van der Waals surface area contributed by atoms with Gasteiger partial charge < -0.3 is 14.9 Å². The van der Waals surface area contributed by atoms with Crippen LogP contribution in [0.2, 0.25) is 0 Å². The van der Waals surface area contributed by atoms with Crippen LogP contribution in [0.4, 0.5) is 0 Å². The van der Waals surface area contributed by atoms with Crippen LogP contribution in [0.25, 0.3) is 0 Å². The summed E-state index contributed by atoms with van der Waals surface area (Å²) in [4.78, 5) is 17.5. The number of hydrogen-bond donors (Lipinski definition) is 1. The summed E-state index contributed by atoms with van der Waals surface area (Å²) in [6.07, 6.45) is 10.1. The second-order valence-electron chi connectivity index (χ2n) is 8.40. The molecule has 3 aliphatic rings. The Morgan fingerprint density at radius 2 is 1.81 bits per heavy atom. The van der Waals surface area contributed by atoms with Gasteiger partial charge in [-0.05, 0) is 75.8 Å². The molecule has 0 radical (unpaired) electrons. The Morgan fingerprint density at radius 1 is 1.08 bits per heavy atom. The standard InChI is InChI=1S/C21H36N2O2S/c1-17(15-26-16-18-8-11-22(12-9-18)13-14-24)21(25)23-10-4-6-19-5-2-3-7-20(19)23/h15,18-20,24H,2-14,16H2,1H3/b17-15+. The molecule has 3 fully saturated rings. The molecule has 2 heterocycles. The molecule has 1 saturated carbocycles. The maximum Gasteiger partial charge on any atom is 0.250 e. The molecular weight excluding hydrogens is 344 g/mol. The molecule has 0 bridgehead atoms. The van der Waals surface area contributed by atoms with Gasteiger partial charge in [0.05, 0.1) is 6.61 Å². The van der Waals surface area contributed by atoms with Crippen molar-refractivity contribution >= 4 is 17.7 Å². The van der Waals surface area contributed by atoms with E-state index in [1.54, 1.807) is 0 Å². The fourth-order valence-electron chi connectivity index (χ4n) is 4.98. The molecule has 148 valence electrons. The molecule has 1 aliphatic carbocycles. The van der Waals surface area contributed by atoms with Crippen LogP contribution < -0.4 is 0 Å². The summed E-state index contributed by atoms with van der Waals surface area (Å²) in [5.41, 5.74) is 0.930. The first kappa shape index (κ1) is 20.2. The lowest BCUT2D eigenvalue weighted by Gasteiger charge is -2.44. The van der Waals surface area contributed by atoms with Crippen molar-refractivity contribution in [3.63, 3.8) is 0 Å². The van der Waals surface area contributed by atoms with Gasteiger partial charge in [-0.1, -0.05) is 12.8 Å². The molecule has 0 spiro atoms. The van der Waals surface area contributed by atoms with E-state index in [2.05, 4.69) is 15.2 Å². The minimum absolute atomic E-state index is 0.266. The third kappa shape index (κ3) is 5.26. The molecule has 2 aliphatic heterocycles. The van der Waals surface area contributed by atoms with Crippen LogP contribution in [0.5, 0.6) is 0 Å². The minimum atomic E-state index is 0.266. The Bertz CT molecular complexity index is 486. The van der Waals surface area contributed by atoms with E-state index >= 15 is 0 Å². The molecule has 1 N–H and O–H groups in total. The van der Waals surface area contributed by atoms with E-state index in [0.717, 1.165) is 49.3 Å². The van der Waals surface area contributed by atoms with Crippen molar-refractivity contribution in [2.45, 2.75) is 64.3 Å². The fourth-order valence-corrected chi connectivity index (χ4v) is 6.03. The van der Waals surface area contributed by atoms with Crippen LogP contribution in [0.3, 0.4) is 0 Å². The Hall–Kier alpha value is -0.520. The molecule has 2 unspecified atom stereocenters. The zero-order chi connectivity index (χ0) is 18.4. The highest BCUT2D eigenvalue weighted by Crippen LogP contribution is 2.36. The second kappa shape index (κ2) is 10.1. The Morgan fingerprint density at radius 3 is 2.58 bits per heavy atom. The van der Waals surface area contributed by atoms with Gasteiger partial charge in [0.25, 0.3) is 0 Å². The lowest BCUT2D eigenvalue weighted by Crippen LogP contribution is -2.49. The Labute approximate surface area is 163 Å². The first-order valence-electron chi connectivity index (χ1n) is 10.6. The average molecular weight is 381 g/mol. The van der Waals surface area contributed by atoms with E-state index in [4.69, 9.17) is 5.11 Å². The third-order valence-electron chi connectivity index (χ3n) is 6.56. The number of β-amino-alcohol motifs (C(OH)–C–C–N with tert-alkyl or cyclic N) is 1. The Kier molecular flexibility index (Phi) is 7.89. The van der Waals surface area contributed by atoms with Crippen LogP contribution in [0.15, 0.2) is 11.0 Å². The van der Waals surface area contributed by atoms with Crippen molar-refractivity contribution in [2.75, 3.05) is 38.5 Å². The van der Waals surface area contributed by atoms with Gasteiger partial charge in [0.2, 0.25) is 5.91 Å². The first-order valence-corrected chi connectivity index (χ1v) is 11.7. The molecule has 5 heteroatoms. The van der Waals surface area contributed by atoms with Crippen molar-refractivity contribution < 1.29 is 9.90 Å². The van der Waals surface area contributed by atoms with Gasteiger partial charge in [-0.25, -0.2) is 0 Å². The number of piperidine rings is 2. The van der Waals surface area contributed by atoms with Crippen LogP contribution in [0.1, 0.15) is 58.3 Å². The molecule has 3 rings (SSSR count). The SMILES string of the molecule is C/C(=C\SCC1CCN(CCO)CC1)C(=O)N1CCCC2CCCCC21. The van der Waals surface area contributed by atoms with E-state index in [-0.39, 0.29) is 12.5 Å². The maximum absolute atomic E-state index is 13.0. The molecular formula is C21H36N2O2S. The largest absolute Gasteiger partial charge is 0.395 e. The van der Waals surface area contributed by atoms with E-state index in [0.29, 0.717) is 6.04 Å². The van der Waals surface area contributed by atoms with Gasteiger partial charge in [-0.15, -0.1) is 11.8 Å². The Balaban J connectivity index is 1.44. The second-order valence-corrected chi connectivity index (χ2v) is 9.30. The number of rotatable bonds is 6. The van der Waals surface area contributed by atoms with Gasteiger partial charge in [0, 0.05) is 30.5 Å². The van der Waals surface area contributed by atoms with E-state index < -0.39 is 0 Å². The molecule has 4 nitrogen and oxygen atoms in total. The topological polar surface area (TPSA) is 43.8 Å². The van der Waals surface area contributed by atoms with E-state index in [9.17, 15) is 4.79 Å².